The number of ether oxygens (including phenoxy) is 1. The topological polar surface area (TPSA) is 106 Å². The maximum atomic E-state index is 14.5. The molecule has 7 nitrogen and oxygen atoms in total. The molecular formula is C18H21F2N5O2S2. The third-order valence-electron chi connectivity index (χ3n) is 4.26. The van der Waals surface area contributed by atoms with E-state index < -0.39 is 22.9 Å². The normalized spacial score (nSPS) is 16.5. The van der Waals surface area contributed by atoms with E-state index in [4.69, 9.17) is 16.2 Å². The van der Waals surface area contributed by atoms with E-state index in [9.17, 15) is 13.6 Å². The van der Waals surface area contributed by atoms with Crippen molar-refractivity contribution in [3.63, 3.8) is 0 Å². The number of halogens is 2. The molecule has 11 heteroatoms. The predicted octanol–water partition coefficient (Wildman–Crippen LogP) is 2.66. The van der Waals surface area contributed by atoms with Crippen molar-refractivity contribution >= 4 is 34.9 Å². The van der Waals surface area contributed by atoms with E-state index >= 15 is 0 Å². The summed E-state index contributed by atoms with van der Waals surface area (Å²) < 4.78 is 38.9. The van der Waals surface area contributed by atoms with Crippen LogP contribution in [0.4, 0.5) is 14.5 Å². The second kappa shape index (κ2) is 9.42. The van der Waals surface area contributed by atoms with Gasteiger partial charge in [-0.3, -0.25) is 4.79 Å². The number of hydrogen-bond donors (Lipinski definition) is 3. The van der Waals surface area contributed by atoms with Crippen LogP contribution in [0.2, 0.25) is 0 Å². The molecule has 1 aromatic heterocycles. The van der Waals surface area contributed by atoms with Crippen molar-refractivity contribution in [1.29, 1.82) is 0 Å². The molecule has 2 heterocycles. The fraction of sp³-hybridized carbons (Fsp3) is 0.333. The van der Waals surface area contributed by atoms with Crippen LogP contribution in [0.1, 0.15) is 23.8 Å². The van der Waals surface area contributed by atoms with Crippen molar-refractivity contribution in [3.8, 4) is 5.06 Å². The molecule has 1 unspecified atom stereocenters. The van der Waals surface area contributed by atoms with Gasteiger partial charge in [0.05, 0.1) is 23.4 Å². The Bertz CT molecular complexity index is 901. The molecule has 0 saturated heterocycles. The lowest BCUT2D eigenvalue weighted by Gasteiger charge is -2.27. The van der Waals surface area contributed by atoms with Gasteiger partial charge < -0.3 is 26.4 Å². The predicted molar refractivity (Wildman–Crippen MR) is 110 cm³/mol. The summed E-state index contributed by atoms with van der Waals surface area (Å²) in [4.78, 5) is 13.5. The Hall–Kier alpha value is -2.37. The summed E-state index contributed by atoms with van der Waals surface area (Å²) in [7, 11) is 1.87. The first kappa shape index (κ1) is 21.3. The van der Waals surface area contributed by atoms with Crippen molar-refractivity contribution < 1.29 is 18.3 Å². The minimum absolute atomic E-state index is 0.0390. The van der Waals surface area contributed by atoms with Crippen molar-refractivity contribution in [2.45, 2.75) is 18.2 Å². The standard InChI is InChI=1S/C18H21F2N5O2S2/c1-23-7-2-3-8-27-18-12(9-24-29-18)25-14(15(21)26)16(22)28-17(25)13-10(19)5-4-6-11(13)20/h4-6,9,17,23H,2-3,7-8,22H2,1H3,(H2,21,26). The van der Waals surface area contributed by atoms with E-state index in [1.807, 2.05) is 7.05 Å². The van der Waals surface area contributed by atoms with Crippen molar-refractivity contribution in [2.75, 3.05) is 25.1 Å². The van der Waals surface area contributed by atoms with Gasteiger partial charge in [0, 0.05) is 11.5 Å². The number of nitrogens with zero attached hydrogens (tertiary/aromatic N) is 2. The number of aromatic nitrogens is 1. The minimum atomic E-state index is -0.957. The van der Waals surface area contributed by atoms with E-state index in [-0.39, 0.29) is 16.3 Å². The van der Waals surface area contributed by atoms with Crippen LogP contribution in [0.5, 0.6) is 5.06 Å². The molecule has 1 amide bonds. The Morgan fingerprint density at radius 1 is 1.34 bits per heavy atom. The molecule has 0 spiro atoms. The number of carbonyl (C=O) groups is 1. The molecule has 156 valence electrons. The number of rotatable bonds is 9. The van der Waals surface area contributed by atoms with Crippen molar-refractivity contribution in [2.24, 2.45) is 11.5 Å². The number of amides is 1. The molecule has 1 aliphatic rings. The Labute approximate surface area is 175 Å². The first-order chi connectivity index (χ1) is 14.0. The molecule has 3 rings (SSSR count). The van der Waals surface area contributed by atoms with Gasteiger partial charge in [-0.2, -0.15) is 4.37 Å². The van der Waals surface area contributed by atoms with Gasteiger partial charge >= 0.3 is 0 Å². The molecule has 0 aliphatic carbocycles. The van der Waals surface area contributed by atoms with Gasteiger partial charge in [-0.05, 0) is 38.6 Å². The quantitative estimate of drug-likeness (QED) is 0.514. The number of primary amides is 1. The number of nitrogens with one attached hydrogen (secondary N) is 1. The zero-order valence-corrected chi connectivity index (χ0v) is 17.3. The number of nitrogens with two attached hydrogens (primary N) is 2. The molecule has 2 aromatic rings. The lowest BCUT2D eigenvalue weighted by atomic mass is 10.1. The van der Waals surface area contributed by atoms with Gasteiger partial charge in [-0.25, -0.2) is 8.78 Å². The molecule has 0 fully saturated rings. The average molecular weight is 442 g/mol. The third kappa shape index (κ3) is 4.46. The Balaban J connectivity index is 1.95. The average Bonchev–Trinajstić information content (AvgIpc) is 3.25. The number of thioether (sulfide) groups is 1. The monoisotopic (exact) mass is 441 g/mol. The van der Waals surface area contributed by atoms with E-state index in [1.54, 1.807) is 0 Å². The van der Waals surface area contributed by atoms with Crippen molar-refractivity contribution in [3.05, 3.63) is 52.3 Å². The van der Waals surface area contributed by atoms with Gasteiger partial charge in [0.15, 0.2) is 0 Å². The molecule has 1 aromatic carbocycles. The summed E-state index contributed by atoms with van der Waals surface area (Å²) in [6.45, 7) is 1.29. The second-order valence-corrected chi connectivity index (χ2v) is 8.10. The molecule has 1 aliphatic heterocycles. The van der Waals surface area contributed by atoms with Gasteiger partial charge in [0.1, 0.15) is 28.4 Å². The smallest absolute Gasteiger partial charge is 0.268 e. The van der Waals surface area contributed by atoms with Gasteiger partial charge in [0.25, 0.3) is 5.91 Å². The zero-order chi connectivity index (χ0) is 21.0. The highest BCUT2D eigenvalue weighted by molar-refractivity contribution is 8.03. The highest BCUT2D eigenvalue weighted by Gasteiger charge is 2.41. The Kier molecular flexibility index (Phi) is 6.93. The fourth-order valence-corrected chi connectivity index (χ4v) is 4.79. The molecule has 0 saturated carbocycles. The van der Waals surface area contributed by atoms with Gasteiger partial charge in [-0.1, -0.05) is 17.8 Å². The van der Waals surface area contributed by atoms with Crippen LogP contribution in [-0.4, -0.2) is 30.5 Å². The van der Waals surface area contributed by atoms with Gasteiger partial charge in [-0.15, -0.1) is 0 Å². The highest BCUT2D eigenvalue weighted by atomic mass is 32.2. The Morgan fingerprint density at radius 3 is 2.72 bits per heavy atom. The number of benzene rings is 1. The summed E-state index contributed by atoms with van der Waals surface area (Å²) in [5.74, 6) is -2.30. The maximum absolute atomic E-state index is 14.5. The van der Waals surface area contributed by atoms with E-state index in [0.717, 1.165) is 54.8 Å². The molecule has 5 N–H and O–H groups in total. The van der Waals surface area contributed by atoms with Gasteiger partial charge in [0.2, 0.25) is 5.06 Å². The summed E-state index contributed by atoms with van der Waals surface area (Å²) >= 11 is 2.03. The summed E-state index contributed by atoms with van der Waals surface area (Å²) in [5, 5.41) is 2.60. The number of hydrogen-bond acceptors (Lipinski definition) is 8. The zero-order valence-electron chi connectivity index (χ0n) is 15.7. The SMILES string of the molecule is CNCCCCOc1sncc1N1C(C(N)=O)=C(N)SC1c1c(F)cccc1F. The largest absolute Gasteiger partial charge is 0.481 e. The van der Waals surface area contributed by atoms with Crippen LogP contribution >= 0.6 is 23.3 Å². The lowest BCUT2D eigenvalue weighted by Crippen LogP contribution is -2.31. The third-order valence-corrected chi connectivity index (χ3v) is 6.08. The molecule has 29 heavy (non-hydrogen) atoms. The molecule has 0 bridgehead atoms. The summed E-state index contributed by atoms with van der Waals surface area (Å²) in [6, 6.07) is 3.58. The van der Waals surface area contributed by atoms with E-state index in [0.29, 0.717) is 17.4 Å². The van der Waals surface area contributed by atoms with Crippen LogP contribution in [-0.2, 0) is 4.79 Å². The number of unbranched alkanes of at least 4 members (excludes halogenated alkanes) is 1. The summed E-state index contributed by atoms with van der Waals surface area (Å²) in [5.41, 5.74) is 11.7. The molecule has 1 atom stereocenters. The lowest BCUT2D eigenvalue weighted by molar-refractivity contribution is -0.114. The van der Waals surface area contributed by atoms with Crippen LogP contribution < -0.4 is 26.4 Å². The fourth-order valence-electron chi connectivity index (χ4n) is 2.94. The van der Waals surface area contributed by atoms with E-state index in [1.165, 1.54) is 17.2 Å². The van der Waals surface area contributed by atoms with Crippen LogP contribution in [0.15, 0.2) is 35.1 Å². The highest BCUT2D eigenvalue weighted by Crippen LogP contribution is 2.52. The van der Waals surface area contributed by atoms with Crippen LogP contribution in [0.25, 0.3) is 0 Å². The molecular weight excluding hydrogens is 420 g/mol. The first-order valence-electron chi connectivity index (χ1n) is 8.87. The minimum Gasteiger partial charge on any atom is -0.481 e. The van der Waals surface area contributed by atoms with Crippen LogP contribution in [0, 0.1) is 11.6 Å². The Morgan fingerprint density at radius 2 is 2.07 bits per heavy atom. The van der Waals surface area contributed by atoms with Crippen molar-refractivity contribution in [1.82, 2.24) is 9.69 Å². The van der Waals surface area contributed by atoms with Crippen LogP contribution in [0.3, 0.4) is 0 Å². The first-order valence-corrected chi connectivity index (χ1v) is 10.5. The van der Waals surface area contributed by atoms with E-state index in [2.05, 4.69) is 9.69 Å². The molecule has 0 radical (unpaired) electrons. The maximum Gasteiger partial charge on any atom is 0.268 e. The number of carbonyl (C=O) groups excluding carboxylic acids is 1. The number of anilines is 1. The summed E-state index contributed by atoms with van der Waals surface area (Å²) in [6.07, 6.45) is 3.20. The second-order valence-electron chi connectivity index (χ2n) is 6.21.